The number of Topliss-reactive ketones (excluding diaryl/α,β-unsaturated/α-hetero) is 1. The molecule has 0 amide bonds. The first kappa shape index (κ1) is 31.1. The van der Waals surface area contributed by atoms with Crippen LogP contribution in [0.5, 0.6) is 5.75 Å². The van der Waals surface area contributed by atoms with Gasteiger partial charge in [0.25, 0.3) is 20.2 Å². The molecule has 0 aromatic heterocycles. The minimum absolute atomic E-state index is 0.0801. The van der Waals surface area contributed by atoms with Crippen LogP contribution in [0.2, 0.25) is 0 Å². The normalized spacial score (nSPS) is 12.5. The van der Waals surface area contributed by atoms with Crippen LogP contribution in [0.3, 0.4) is 0 Å². The van der Waals surface area contributed by atoms with Gasteiger partial charge in [-0.15, -0.1) is 0 Å². The third-order valence-corrected chi connectivity index (χ3v) is 9.06. The molecule has 0 fully saturated rings. The molecule has 0 aliphatic heterocycles. The Hall–Kier alpha value is -3.83. The first-order chi connectivity index (χ1) is 20.0. The summed E-state index contributed by atoms with van der Waals surface area (Å²) in [7, 11) is -8.53. The van der Waals surface area contributed by atoms with Crippen LogP contribution in [0, 0.1) is 13.8 Å². The molecule has 42 heavy (non-hydrogen) atoms. The van der Waals surface area contributed by atoms with Gasteiger partial charge in [-0.1, -0.05) is 77.9 Å². The highest BCUT2D eigenvalue weighted by Gasteiger charge is 2.26. The number of hydrogen-bond donors (Lipinski definition) is 0. The lowest BCUT2D eigenvalue weighted by molar-refractivity contribution is 0.0862. The van der Waals surface area contributed by atoms with E-state index in [2.05, 4.69) is 0 Å². The van der Waals surface area contributed by atoms with Gasteiger partial charge in [0.05, 0.1) is 22.0 Å². The van der Waals surface area contributed by atoms with Gasteiger partial charge >= 0.3 is 0 Å². The summed E-state index contributed by atoms with van der Waals surface area (Å²) >= 11 is 0. The highest BCUT2D eigenvalue weighted by atomic mass is 32.2. The number of benzene rings is 4. The SMILES string of the molecule is Cc1ccc(S(=O)(=O)OC[C@H](COc2ccccc2C(=O)CCc2ccccc2)OS(=O)(=O)c2ccc(C)cc2)cc1. The lowest BCUT2D eigenvalue weighted by Gasteiger charge is -2.19. The van der Waals surface area contributed by atoms with Gasteiger partial charge in [-0.3, -0.25) is 13.2 Å². The topological polar surface area (TPSA) is 113 Å². The van der Waals surface area contributed by atoms with E-state index in [1.54, 1.807) is 48.5 Å². The van der Waals surface area contributed by atoms with Crippen molar-refractivity contribution in [1.82, 2.24) is 0 Å². The Balaban J connectivity index is 1.51. The Morgan fingerprint density at radius 2 is 1.21 bits per heavy atom. The van der Waals surface area contributed by atoms with Gasteiger partial charge in [0.15, 0.2) is 5.78 Å². The number of ether oxygens (including phenoxy) is 1. The Bertz CT molecular complexity index is 1700. The summed E-state index contributed by atoms with van der Waals surface area (Å²) in [6.07, 6.45) is -0.576. The standard InChI is InChI=1S/C32H32O8S2/c1-24-12-17-28(18-13-24)41(34,35)39-23-27(40-42(36,37)29-19-14-25(2)15-20-29)22-38-32-11-7-6-10-30(32)31(33)21-16-26-8-4-3-5-9-26/h3-15,17-20,27H,16,21-23H2,1-2H3/t27-/m0/s1. The second kappa shape index (κ2) is 13.9. The Morgan fingerprint density at radius 3 is 1.83 bits per heavy atom. The molecule has 0 saturated carbocycles. The Kier molecular flexibility index (Phi) is 10.3. The van der Waals surface area contributed by atoms with Crippen LogP contribution in [0.4, 0.5) is 0 Å². The number of rotatable bonds is 14. The number of hydrogen-bond acceptors (Lipinski definition) is 8. The number of aryl methyl sites for hydroxylation is 3. The van der Waals surface area contributed by atoms with Crippen LogP contribution >= 0.6 is 0 Å². The molecule has 4 aromatic rings. The van der Waals surface area contributed by atoms with Gasteiger partial charge < -0.3 is 4.74 Å². The van der Waals surface area contributed by atoms with Crippen molar-refractivity contribution in [2.24, 2.45) is 0 Å². The van der Waals surface area contributed by atoms with E-state index in [0.29, 0.717) is 12.0 Å². The van der Waals surface area contributed by atoms with E-state index in [0.717, 1.165) is 16.7 Å². The molecule has 4 aromatic carbocycles. The number of ketones is 1. The lowest BCUT2D eigenvalue weighted by Crippen LogP contribution is -2.31. The molecule has 0 radical (unpaired) electrons. The Morgan fingerprint density at radius 1 is 0.667 bits per heavy atom. The largest absolute Gasteiger partial charge is 0.490 e. The summed E-state index contributed by atoms with van der Waals surface area (Å²) in [4.78, 5) is 12.9. The summed E-state index contributed by atoms with van der Waals surface area (Å²) in [5.41, 5.74) is 3.06. The maximum absolute atomic E-state index is 13.1. The van der Waals surface area contributed by atoms with Crippen molar-refractivity contribution in [3.63, 3.8) is 0 Å². The van der Waals surface area contributed by atoms with Crippen molar-refractivity contribution >= 4 is 26.0 Å². The third-order valence-electron chi connectivity index (χ3n) is 6.39. The second-order valence-corrected chi connectivity index (χ2v) is 12.9. The fraction of sp³-hybridized carbons (Fsp3) is 0.219. The monoisotopic (exact) mass is 608 g/mol. The first-order valence-electron chi connectivity index (χ1n) is 13.3. The predicted molar refractivity (Wildman–Crippen MR) is 159 cm³/mol. The van der Waals surface area contributed by atoms with E-state index in [-0.39, 0.29) is 27.7 Å². The third kappa shape index (κ3) is 8.59. The summed E-state index contributed by atoms with van der Waals surface area (Å²) in [6, 6.07) is 28.3. The Labute approximate surface area is 247 Å². The van der Waals surface area contributed by atoms with Crippen molar-refractivity contribution in [3.8, 4) is 5.75 Å². The molecule has 10 heteroatoms. The van der Waals surface area contributed by atoms with Crippen molar-refractivity contribution in [2.45, 2.75) is 42.6 Å². The number of para-hydroxylation sites is 1. The zero-order valence-corrected chi connectivity index (χ0v) is 24.9. The summed E-state index contributed by atoms with van der Waals surface area (Å²) < 4.78 is 68.2. The molecule has 0 heterocycles. The lowest BCUT2D eigenvalue weighted by atomic mass is 10.0. The van der Waals surface area contributed by atoms with E-state index in [1.807, 2.05) is 44.2 Å². The van der Waals surface area contributed by atoms with Gasteiger partial charge in [-0.2, -0.15) is 16.8 Å². The molecule has 0 aliphatic carbocycles. The minimum Gasteiger partial charge on any atom is -0.490 e. The van der Waals surface area contributed by atoms with E-state index in [9.17, 15) is 21.6 Å². The quantitative estimate of drug-likeness (QED) is 0.133. The van der Waals surface area contributed by atoms with E-state index >= 15 is 0 Å². The zero-order valence-electron chi connectivity index (χ0n) is 23.3. The summed E-state index contributed by atoms with van der Waals surface area (Å²) in [6.45, 7) is 2.58. The van der Waals surface area contributed by atoms with Gasteiger partial charge in [0.2, 0.25) is 0 Å². The van der Waals surface area contributed by atoms with Crippen LogP contribution in [0.15, 0.2) is 113 Å². The summed E-state index contributed by atoms with van der Waals surface area (Å²) in [5.74, 6) is 0.0654. The molecule has 8 nitrogen and oxygen atoms in total. The molecule has 0 aliphatic rings. The smallest absolute Gasteiger partial charge is 0.297 e. The molecule has 0 unspecified atom stereocenters. The average Bonchev–Trinajstić information content (AvgIpc) is 2.98. The molecule has 0 bridgehead atoms. The number of carbonyl (C=O) groups excluding carboxylic acids is 1. The number of carbonyl (C=O) groups is 1. The zero-order chi connectivity index (χ0) is 30.2. The van der Waals surface area contributed by atoms with Crippen LogP contribution in [-0.4, -0.2) is 41.9 Å². The molecule has 220 valence electrons. The van der Waals surface area contributed by atoms with Gasteiger partial charge in [-0.05, 0) is 62.2 Å². The molecule has 0 saturated heterocycles. The molecule has 0 spiro atoms. The van der Waals surface area contributed by atoms with Crippen LogP contribution in [0.25, 0.3) is 0 Å². The molecule has 0 N–H and O–H groups in total. The van der Waals surface area contributed by atoms with Crippen molar-refractivity contribution in [3.05, 3.63) is 125 Å². The maximum Gasteiger partial charge on any atom is 0.297 e. The average molecular weight is 609 g/mol. The molecule has 4 rings (SSSR count). The van der Waals surface area contributed by atoms with Gasteiger partial charge in [-0.25, -0.2) is 0 Å². The first-order valence-corrected chi connectivity index (χ1v) is 16.1. The molecule has 1 atom stereocenters. The van der Waals surface area contributed by atoms with E-state index in [1.165, 1.54) is 24.3 Å². The fourth-order valence-corrected chi connectivity index (χ4v) is 6.01. The highest BCUT2D eigenvalue weighted by Crippen LogP contribution is 2.23. The maximum atomic E-state index is 13.1. The fourth-order valence-electron chi connectivity index (χ4n) is 4.02. The molecular weight excluding hydrogens is 576 g/mol. The second-order valence-electron chi connectivity index (χ2n) is 9.75. The van der Waals surface area contributed by atoms with Crippen LogP contribution < -0.4 is 4.74 Å². The van der Waals surface area contributed by atoms with Crippen molar-refractivity contribution in [1.29, 1.82) is 0 Å². The van der Waals surface area contributed by atoms with E-state index < -0.39 is 39.6 Å². The van der Waals surface area contributed by atoms with Crippen LogP contribution in [-0.2, 0) is 35.0 Å². The minimum atomic E-state index is -4.31. The van der Waals surface area contributed by atoms with Crippen LogP contribution in [0.1, 0.15) is 33.5 Å². The predicted octanol–water partition coefficient (Wildman–Crippen LogP) is 5.68. The van der Waals surface area contributed by atoms with Gasteiger partial charge in [0.1, 0.15) is 18.5 Å². The van der Waals surface area contributed by atoms with E-state index in [4.69, 9.17) is 13.1 Å². The van der Waals surface area contributed by atoms with Gasteiger partial charge in [0, 0.05) is 6.42 Å². The molecular formula is C32H32O8S2. The summed E-state index contributed by atoms with van der Waals surface area (Å²) in [5, 5.41) is 0. The highest BCUT2D eigenvalue weighted by molar-refractivity contribution is 7.87. The van der Waals surface area contributed by atoms with Crippen molar-refractivity contribution in [2.75, 3.05) is 13.2 Å². The van der Waals surface area contributed by atoms with Crippen molar-refractivity contribution < 1.29 is 34.7 Å².